The van der Waals surface area contributed by atoms with Gasteiger partial charge in [-0.3, -0.25) is 4.98 Å². The summed E-state index contributed by atoms with van der Waals surface area (Å²) in [6.45, 7) is 3.52. The molecule has 0 unspecified atom stereocenters. The average molecular weight is 195 g/mol. The van der Waals surface area contributed by atoms with Gasteiger partial charge in [0.25, 0.3) is 0 Å². The number of aromatic nitrogens is 1. The lowest BCUT2D eigenvalue weighted by atomic mass is 10.3. The zero-order valence-corrected chi connectivity index (χ0v) is 8.40. The molecule has 0 amide bonds. The molecule has 0 saturated carbocycles. The average Bonchev–Trinajstić information content (AvgIpc) is 2.17. The lowest BCUT2D eigenvalue weighted by Crippen LogP contribution is -2.34. The van der Waals surface area contributed by atoms with E-state index in [2.05, 4.69) is 15.6 Å². The third kappa shape index (κ3) is 3.85. The number of hydrogen-bond acceptors (Lipinski definition) is 2. The summed E-state index contributed by atoms with van der Waals surface area (Å²) in [5.74, 6) is 0. The minimum Gasteiger partial charge on any atom is -0.363 e. The van der Waals surface area contributed by atoms with E-state index in [9.17, 15) is 0 Å². The van der Waals surface area contributed by atoms with Gasteiger partial charge in [0.1, 0.15) is 0 Å². The highest BCUT2D eigenvalue weighted by Gasteiger charge is 1.94. The van der Waals surface area contributed by atoms with E-state index in [0.717, 1.165) is 12.2 Å². The van der Waals surface area contributed by atoms with Gasteiger partial charge in [0.15, 0.2) is 5.11 Å². The minimum absolute atomic E-state index is 0.673. The van der Waals surface area contributed by atoms with E-state index >= 15 is 0 Å². The molecule has 2 N–H and O–H groups in total. The minimum atomic E-state index is 0.673. The fourth-order valence-electron chi connectivity index (χ4n) is 0.897. The van der Waals surface area contributed by atoms with Crippen molar-refractivity contribution in [3.8, 4) is 0 Å². The first-order valence-electron chi connectivity index (χ1n) is 4.24. The molecule has 0 spiro atoms. The molecular weight excluding hydrogens is 182 g/mol. The van der Waals surface area contributed by atoms with Crippen LogP contribution in [0.3, 0.4) is 0 Å². The molecule has 0 aliphatic heterocycles. The van der Waals surface area contributed by atoms with Crippen LogP contribution in [0.25, 0.3) is 0 Å². The van der Waals surface area contributed by atoms with Gasteiger partial charge in [-0.2, -0.15) is 0 Å². The summed E-state index contributed by atoms with van der Waals surface area (Å²) < 4.78 is 0. The molecule has 1 rings (SSSR count). The van der Waals surface area contributed by atoms with Gasteiger partial charge >= 0.3 is 0 Å². The molecule has 1 aromatic heterocycles. The maximum absolute atomic E-state index is 5.00. The molecule has 0 fully saturated rings. The van der Waals surface area contributed by atoms with Crippen molar-refractivity contribution in [3.63, 3.8) is 0 Å². The van der Waals surface area contributed by atoms with Crippen molar-refractivity contribution in [1.82, 2.24) is 15.6 Å². The number of nitrogens with one attached hydrogen (secondary N) is 2. The van der Waals surface area contributed by atoms with E-state index in [-0.39, 0.29) is 0 Å². The van der Waals surface area contributed by atoms with Gasteiger partial charge < -0.3 is 10.6 Å². The predicted molar refractivity (Wildman–Crippen MR) is 57.4 cm³/mol. The fourth-order valence-corrected chi connectivity index (χ4v) is 1.11. The van der Waals surface area contributed by atoms with Crippen LogP contribution in [0.2, 0.25) is 0 Å². The van der Waals surface area contributed by atoms with Crippen LogP contribution in [-0.4, -0.2) is 16.6 Å². The molecule has 0 saturated heterocycles. The standard InChI is InChI=1S/C9H13N3S/c1-2-10-9(13)12-7-8-5-3-4-6-11-8/h3-6H,2,7H2,1H3,(H2,10,12,13). The molecule has 3 nitrogen and oxygen atoms in total. The van der Waals surface area contributed by atoms with E-state index in [1.807, 2.05) is 25.1 Å². The third-order valence-corrected chi connectivity index (χ3v) is 1.78. The summed E-state index contributed by atoms with van der Waals surface area (Å²) >= 11 is 5.00. The van der Waals surface area contributed by atoms with Crippen LogP contribution in [0.1, 0.15) is 12.6 Å². The third-order valence-electron chi connectivity index (χ3n) is 1.49. The molecule has 0 atom stereocenters. The summed E-state index contributed by atoms with van der Waals surface area (Å²) in [7, 11) is 0. The Morgan fingerprint density at radius 2 is 2.31 bits per heavy atom. The van der Waals surface area contributed by atoms with Crippen molar-refractivity contribution in [2.24, 2.45) is 0 Å². The van der Waals surface area contributed by atoms with Crippen molar-refractivity contribution in [3.05, 3.63) is 30.1 Å². The van der Waals surface area contributed by atoms with Gasteiger partial charge in [0.2, 0.25) is 0 Å². The van der Waals surface area contributed by atoms with Crippen LogP contribution in [0, 0.1) is 0 Å². The summed E-state index contributed by atoms with van der Waals surface area (Å²) in [4.78, 5) is 4.16. The Bertz CT molecular complexity index is 261. The molecule has 4 heteroatoms. The monoisotopic (exact) mass is 195 g/mol. The van der Waals surface area contributed by atoms with Crippen LogP contribution < -0.4 is 10.6 Å². The predicted octanol–water partition coefficient (Wildman–Crippen LogP) is 1.07. The van der Waals surface area contributed by atoms with Crippen LogP contribution in [0.15, 0.2) is 24.4 Å². The number of hydrogen-bond donors (Lipinski definition) is 2. The van der Waals surface area contributed by atoms with Crippen molar-refractivity contribution in [2.75, 3.05) is 6.54 Å². The molecule has 0 radical (unpaired) electrons. The van der Waals surface area contributed by atoms with E-state index in [0.29, 0.717) is 11.7 Å². The van der Waals surface area contributed by atoms with Crippen LogP contribution in [0.4, 0.5) is 0 Å². The van der Waals surface area contributed by atoms with E-state index in [4.69, 9.17) is 12.2 Å². The molecule has 1 aromatic rings. The van der Waals surface area contributed by atoms with Gasteiger partial charge in [-0.25, -0.2) is 0 Å². The Morgan fingerprint density at radius 1 is 1.46 bits per heavy atom. The SMILES string of the molecule is CCNC(=S)NCc1ccccn1. The van der Waals surface area contributed by atoms with E-state index in [1.54, 1.807) is 6.20 Å². The first kappa shape index (κ1) is 9.92. The van der Waals surface area contributed by atoms with Crippen molar-refractivity contribution < 1.29 is 0 Å². The first-order chi connectivity index (χ1) is 6.33. The van der Waals surface area contributed by atoms with Gasteiger partial charge in [0.05, 0.1) is 12.2 Å². The van der Waals surface area contributed by atoms with Gasteiger partial charge in [0, 0.05) is 12.7 Å². The molecule has 13 heavy (non-hydrogen) atoms. The maximum atomic E-state index is 5.00. The molecular formula is C9H13N3S. The Kier molecular flexibility index (Phi) is 4.18. The lowest BCUT2D eigenvalue weighted by molar-refractivity contribution is 0.832. The summed E-state index contributed by atoms with van der Waals surface area (Å²) in [5, 5.41) is 6.74. The van der Waals surface area contributed by atoms with Gasteiger partial charge in [-0.15, -0.1) is 0 Å². The summed E-state index contributed by atoms with van der Waals surface area (Å²) in [6, 6.07) is 5.81. The topological polar surface area (TPSA) is 37.0 Å². The second-order valence-corrected chi connectivity index (χ2v) is 2.94. The smallest absolute Gasteiger partial charge is 0.166 e. The normalized spacial score (nSPS) is 9.31. The van der Waals surface area contributed by atoms with Crippen molar-refractivity contribution in [1.29, 1.82) is 0 Å². The fraction of sp³-hybridized carbons (Fsp3) is 0.333. The number of pyridine rings is 1. The molecule has 0 aromatic carbocycles. The lowest BCUT2D eigenvalue weighted by Gasteiger charge is -2.07. The van der Waals surface area contributed by atoms with Crippen LogP contribution in [-0.2, 0) is 6.54 Å². The van der Waals surface area contributed by atoms with Crippen molar-refractivity contribution in [2.45, 2.75) is 13.5 Å². The largest absolute Gasteiger partial charge is 0.363 e. The number of rotatable bonds is 3. The van der Waals surface area contributed by atoms with Crippen LogP contribution >= 0.6 is 12.2 Å². The highest BCUT2D eigenvalue weighted by atomic mass is 32.1. The maximum Gasteiger partial charge on any atom is 0.166 e. The highest BCUT2D eigenvalue weighted by molar-refractivity contribution is 7.80. The zero-order chi connectivity index (χ0) is 9.52. The Hall–Kier alpha value is -1.16. The number of nitrogens with zero attached hydrogens (tertiary/aromatic N) is 1. The quantitative estimate of drug-likeness (QED) is 0.707. The van der Waals surface area contributed by atoms with Gasteiger partial charge in [-0.1, -0.05) is 6.07 Å². The van der Waals surface area contributed by atoms with E-state index < -0.39 is 0 Å². The summed E-state index contributed by atoms with van der Waals surface area (Å²) in [6.07, 6.45) is 1.77. The Morgan fingerprint density at radius 3 is 2.92 bits per heavy atom. The first-order valence-corrected chi connectivity index (χ1v) is 4.65. The van der Waals surface area contributed by atoms with Crippen LogP contribution in [0.5, 0.6) is 0 Å². The second-order valence-electron chi connectivity index (χ2n) is 2.53. The Balaban J connectivity index is 2.31. The molecule has 1 heterocycles. The molecule has 0 bridgehead atoms. The molecule has 70 valence electrons. The molecule has 0 aliphatic carbocycles. The van der Waals surface area contributed by atoms with Gasteiger partial charge in [-0.05, 0) is 31.3 Å². The highest BCUT2D eigenvalue weighted by Crippen LogP contribution is 1.91. The van der Waals surface area contributed by atoms with E-state index in [1.165, 1.54) is 0 Å². The zero-order valence-electron chi connectivity index (χ0n) is 7.58. The number of thiocarbonyl (C=S) groups is 1. The summed E-state index contributed by atoms with van der Waals surface area (Å²) in [5.41, 5.74) is 0.989. The Labute approximate surface area is 83.6 Å². The van der Waals surface area contributed by atoms with Crippen molar-refractivity contribution >= 4 is 17.3 Å². The second kappa shape index (κ2) is 5.48. The molecule has 0 aliphatic rings.